The molecule has 0 atom stereocenters. The van der Waals surface area contributed by atoms with E-state index in [0.717, 1.165) is 11.4 Å². The number of aromatic nitrogens is 6. The molecule has 0 radical (unpaired) electrons. The Labute approximate surface area is 132 Å². The Bertz CT molecular complexity index is 663. The van der Waals surface area contributed by atoms with Crippen molar-refractivity contribution >= 4 is 31.9 Å². The van der Waals surface area contributed by atoms with E-state index in [9.17, 15) is 0 Å². The van der Waals surface area contributed by atoms with Gasteiger partial charge in [-0.2, -0.15) is 15.2 Å². The second-order valence-corrected chi connectivity index (χ2v) is 5.11. The van der Waals surface area contributed by atoms with Gasteiger partial charge in [0.1, 0.15) is 0 Å². The predicted molar refractivity (Wildman–Crippen MR) is 81.5 cm³/mol. The van der Waals surface area contributed by atoms with Crippen molar-refractivity contribution in [1.82, 2.24) is 29.5 Å². The van der Waals surface area contributed by atoms with Gasteiger partial charge in [0.05, 0.1) is 11.4 Å². The lowest BCUT2D eigenvalue weighted by atomic mass is 10.5. The molecule has 0 aliphatic carbocycles. The normalized spacial score (nSPS) is 10.9. The molecule has 3 heterocycles. The van der Waals surface area contributed by atoms with Crippen molar-refractivity contribution in [3.63, 3.8) is 0 Å². The Morgan fingerprint density at radius 3 is 2.20 bits per heavy atom. The molecule has 102 valence electrons. The molecule has 0 aliphatic heterocycles. The first-order chi connectivity index (χ1) is 9.80. The van der Waals surface area contributed by atoms with Crippen molar-refractivity contribution in [2.75, 3.05) is 0 Å². The van der Waals surface area contributed by atoms with Crippen LogP contribution in [0.15, 0.2) is 36.8 Å². The second-order valence-electron chi connectivity index (χ2n) is 3.99. The Kier molecular flexibility index (Phi) is 3.93. The smallest absolute Gasteiger partial charge is 0.222 e. The molecule has 0 saturated heterocycles. The van der Waals surface area contributed by atoms with Gasteiger partial charge in [0.15, 0.2) is 5.82 Å². The van der Waals surface area contributed by atoms with Crippen LogP contribution in [0.1, 0.15) is 11.4 Å². The highest BCUT2D eigenvalue weighted by Crippen LogP contribution is 2.09. The number of hydrogen-bond acceptors (Lipinski definition) is 4. The van der Waals surface area contributed by atoms with Crippen LogP contribution in [0, 0.1) is 0 Å². The SMILES string of the molecule is BrCc1ccn(-c2ccnc(-n3ccc(CBr)n3)n2)n1. The van der Waals surface area contributed by atoms with Crippen molar-refractivity contribution in [2.45, 2.75) is 10.7 Å². The molecule has 8 heteroatoms. The summed E-state index contributed by atoms with van der Waals surface area (Å²) in [5, 5.41) is 10.2. The molecule has 6 nitrogen and oxygen atoms in total. The lowest BCUT2D eigenvalue weighted by Gasteiger charge is -2.03. The first-order valence-electron chi connectivity index (χ1n) is 5.85. The molecule has 0 amide bonds. The summed E-state index contributed by atoms with van der Waals surface area (Å²) >= 11 is 6.75. The van der Waals surface area contributed by atoms with Gasteiger partial charge >= 0.3 is 0 Å². The zero-order valence-corrected chi connectivity index (χ0v) is 13.5. The van der Waals surface area contributed by atoms with Crippen LogP contribution >= 0.6 is 31.9 Å². The van der Waals surface area contributed by atoms with Crippen LogP contribution in [-0.4, -0.2) is 29.5 Å². The highest BCUT2D eigenvalue weighted by molar-refractivity contribution is 9.08. The fourth-order valence-corrected chi connectivity index (χ4v) is 2.28. The van der Waals surface area contributed by atoms with Crippen molar-refractivity contribution < 1.29 is 0 Å². The van der Waals surface area contributed by atoms with Crippen molar-refractivity contribution in [2.24, 2.45) is 0 Å². The number of hydrogen-bond donors (Lipinski definition) is 0. The molecule has 0 aromatic carbocycles. The summed E-state index contributed by atoms with van der Waals surface area (Å²) in [6.45, 7) is 0. The van der Waals surface area contributed by atoms with Crippen LogP contribution in [0.25, 0.3) is 11.8 Å². The molecule has 0 spiro atoms. The molecule has 3 aromatic heterocycles. The topological polar surface area (TPSA) is 61.4 Å². The maximum Gasteiger partial charge on any atom is 0.252 e. The van der Waals surface area contributed by atoms with Crippen LogP contribution in [0.3, 0.4) is 0 Å². The fourth-order valence-electron chi connectivity index (χ4n) is 1.68. The third-order valence-electron chi connectivity index (χ3n) is 2.63. The summed E-state index contributed by atoms with van der Waals surface area (Å²) in [6.07, 6.45) is 5.40. The molecule has 0 bridgehead atoms. The Balaban J connectivity index is 1.96. The standard InChI is InChI=1S/C12H10Br2N6/c13-7-9-2-5-19(17-9)11-1-4-15-12(16-11)20-6-3-10(8-14)18-20/h1-6H,7-8H2. The predicted octanol–water partition coefficient (Wildman–Crippen LogP) is 2.64. The van der Waals surface area contributed by atoms with Gasteiger partial charge in [-0.05, 0) is 12.1 Å². The first kappa shape index (κ1) is 13.4. The van der Waals surface area contributed by atoms with Crippen molar-refractivity contribution in [3.8, 4) is 11.8 Å². The number of nitrogens with zero attached hydrogens (tertiary/aromatic N) is 6. The van der Waals surface area contributed by atoms with Crippen molar-refractivity contribution in [3.05, 3.63) is 48.2 Å². The van der Waals surface area contributed by atoms with Gasteiger partial charge < -0.3 is 0 Å². The largest absolute Gasteiger partial charge is 0.252 e. The average molecular weight is 398 g/mol. The van der Waals surface area contributed by atoms with Crippen molar-refractivity contribution in [1.29, 1.82) is 0 Å². The monoisotopic (exact) mass is 396 g/mol. The second kappa shape index (κ2) is 5.84. The molecule has 0 unspecified atom stereocenters. The van der Waals surface area contributed by atoms with Crippen LogP contribution in [-0.2, 0) is 10.7 Å². The van der Waals surface area contributed by atoms with E-state index in [-0.39, 0.29) is 0 Å². The van der Waals surface area contributed by atoms with E-state index < -0.39 is 0 Å². The molecule has 3 rings (SSSR count). The van der Waals surface area contributed by atoms with E-state index in [4.69, 9.17) is 0 Å². The Hall–Kier alpha value is -1.54. The zero-order chi connectivity index (χ0) is 13.9. The number of halogens is 2. The van der Waals surface area contributed by atoms with Gasteiger partial charge in [-0.25, -0.2) is 14.3 Å². The molecule has 0 aliphatic rings. The minimum Gasteiger partial charge on any atom is -0.222 e. The number of rotatable bonds is 4. The summed E-state index contributed by atoms with van der Waals surface area (Å²) in [5.41, 5.74) is 1.88. The quantitative estimate of drug-likeness (QED) is 0.635. The molecule has 0 fully saturated rings. The summed E-state index contributed by atoms with van der Waals surface area (Å²) in [5.74, 6) is 1.23. The zero-order valence-electron chi connectivity index (χ0n) is 10.3. The Morgan fingerprint density at radius 2 is 1.55 bits per heavy atom. The van der Waals surface area contributed by atoms with Crippen LogP contribution in [0.5, 0.6) is 0 Å². The molecular formula is C12H10Br2N6. The summed E-state index contributed by atoms with van der Waals surface area (Å²) in [7, 11) is 0. The first-order valence-corrected chi connectivity index (χ1v) is 8.09. The summed E-state index contributed by atoms with van der Waals surface area (Å²) in [6, 6.07) is 5.67. The van der Waals surface area contributed by atoms with E-state index in [1.807, 2.05) is 30.6 Å². The fraction of sp³-hybridized carbons (Fsp3) is 0.167. The highest BCUT2D eigenvalue weighted by Gasteiger charge is 2.06. The Morgan fingerprint density at radius 1 is 0.900 bits per heavy atom. The third kappa shape index (κ3) is 2.66. The maximum absolute atomic E-state index is 4.47. The minimum absolute atomic E-state index is 0.519. The van der Waals surface area contributed by atoms with Crippen LogP contribution in [0.2, 0.25) is 0 Å². The number of alkyl halides is 2. The molecule has 3 aromatic rings. The maximum atomic E-state index is 4.47. The van der Waals surface area contributed by atoms with E-state index in [1.54, 1.807) is 15.6 Å². The lowest BCUT2D eigenvalue weighted by molar-refractivity contribution is 0.763. The van der Waals surface area contributed by atoms with Gasteiger partial charge in [0, 0.05) is 35.3 Å². The molecule has 20 heavy (non-hydrogen) atoms. The molecule has 0 N–H and O–H groups in total. The van der Waals surface area contributed by atoms with E-state index in [1.165, 1.54) is 0 Å². The van der Waals surface area contributed by atoms with Gasteiger partial charge in [-0.1, -0.05) is 31.9 Å². The summed E-state index contributed by atoms with van der Waals surface area (Å²) < 4.78 is 3.37. The minimum atomic E-state index is 0.519. The highest BCUT2D eigenvalue weighted by atomic mass is 79.9. The van der Waals surface area contributed by atoms with E-state index >= 15 is 0 Å². The summed E-state index contributed by atoms with van der Waals surface area (Å²) in [4.78, 5) is 8.70. The van der Waals surface area contributed by atoms with Crippen LogP contribution in [0.4, 0.5) is 0 Å². The average Bonchev–Trinajstić information content (AvgIpc) is 3.16. The van der Waals surface area contributed by atoms with Gasteiger partial charge in [0.25, 0.3) is 5.95 Å². The van der Waals surface area contributed by atoms with E-state index in [2.05, 4.69) is 52.0 Å². The van der Waals surface area contributed by atoms with Gasteiger partial charge in [-0.15, -0.1) is 0 Å². The van der Waals surface area contributed by atoms with Crippen LogP contribution < -0.4 is 0 Å². The van der Waals surface area contributed by atoms with Gasteiger partial charge in [-0.3, -0.25) is 0 Å². The van der Waals surface area contributed by atoms with E-state index in [0.29, 0.717) is 22.4 Å². The lowest BCUT2D eigenvalue weighted by Crippen LogP contribution is -2.06. The van der Waals surface area contributed by atoms with Gasteiger partial charge in [0.2, 0.25) is 0 Å². The third-order valence-corrected chi connectivity index (χ3v) is 3.78. The molecular weight excluding hydrogens is 388 g/mol. The molecule has 0 saturated carbocycles.